The Bertz CT molecular complexity index is 534. The lowest BCUT2D eigenvalue weighted by Crippen LogP contribution is -2.42. The van der Waals surface area contributed by atoms with E-state index in [-0.39, 0.29) is 12.0 Å². The van der Waals surface area contributed by atoms with Gasteiger partial charge in [0.1, 0.15) is 11.6 Å². The fourth-order valence-corrected chi connectivity index (χ4v) is 3.40. The molecule has 0 radical (unpaired) electrons. The van der Waals surface area contributed by atoms with Gasteiger partial charge in [0.05, 0.1) is 6.42 Å². The standard InChI is InChI=1S/C13H15N3O2S2/c17-12(7-10-3-6-19-8-10)16-4-1-11(2-5-16)18-13-15-14-9-20-13/h3,6,8-9,11H,1-2,4-5,7H2. The molecule has 0 unspecified atom stereocenters. The average molecular weight is 309 g/mol. The van der Waals surface area contributed by atoms with Crippen molar-refractivity contribution in [2.75, 3.05) is 13.1 Å². The zero-order valence-electron chi connectivity index (χ0n) is 10.9. The molecular weight excluding hydrogens is 294 g/mol. The molecule has 7 heteroatoms. The largest absolute Gasteiger partial charge is 0.465 e. The average Bonchev–Trinajstić information content (AvgIpc) is 3.13. The van der Waals surface area contributed by atoms with Gasteiger partial charge >= 0.3 is 0 Å². The summed E-state index contributed by atoms with van der Waals surface area (Å²) < 4.78 is 5.74. The molecule has 2 aromatic rings. The van der Waals surface area contributed by atoms with Crippen molar-refractivity contribution in [3.63, 3.8) is 0 Å². The van der Waals surface area contributed by atoms with Crippen LogP contribution in [0, 0.1) is 0 Å². The summed E-state index contributed by atoms with van der Waals surface area (Å²) in [6, 6.07) is 2.01. The Morgan fingerprint density at radius 2 is 2.30 bits per heavy atom. The minimum absolute atomic E-state index is 0.146. The second-order valence-corrected chi connectivity index (χ2v) is 6.29. The van der Waals surface area contributed by atoms with Crippen molar-refractivity contribution in [1.82, 2.24) is 15.1 Å². The Kier molecular flexibility index (Phi) is 4.27. The number of carbonyl (C=O) groups is 1. The van der Waals surface area contributed by atoms with Gasteiger partial charge in [0.25, 0.3) is 5.19 Å². The van der Waals surface area contributed by atoms with Crippen LogP contribution in [-0.2, 0) is 11.2 Å². The Morgan fingerprint density at radius 1 is 1.45 bits per heavy atom. The normalized spacial score (nSPS) is 16.3. The molecule has 2 aromatic heterocycles. The Labute approximate surface area is 125 Å². The van der Waals surface area contributed by atoms with E-state index in [4.69, 9.17) is 4.74 Å². The Morgan fingerprint density at radius 3 is 2.95 bits per heavy atom. The Hall–Kier alpha value is -1.47. The molecule has 0 aromatic carbocycles. The lowest BCUT2D eigenvalue weighted by atomic mass is 10.1. The number of hydrogen-bond donors (Lipinski definition) is 0. The third-order valence-corrected chi connectivity index (χ3v) is 4.65. The van der Waals surface area contributed by atoms with Crippen LogP contribution in [0.1, 0.15) is 18.4 Å². The molecule has 1 fully saturated rings. The number of likely N-dealkylation sites (tertiary alicyclic amines) is 1. The van der Waals surface area contributed by atoms with Crippen molar-refractivity contribution in [3.8, 4) is 5.19 Å². The lowest BCUT2D eigenvalue weighted by Gasteiger charge is -2.31. The van der Waals surface area contributed by atoms with Gasteiger partial charge in [0, 0.05) is 25.9 Å². The SMILES string of the molecule is O=C(Cc1ccsc1)N1CCC(Oc2nncs2)CC1. The van der Waals surface area contributed by atoms with E-state index in [9.17, 15) is 4.79 Å². The molecule has 0 aliphatic carbocycles. The zero-order chi connectivity index (χ0) is 13.8. The molecule has 5 nitrogen and oxygen atoms in total. The van der Waals surface area contributed by atoms with Crippen LogP contribution in [0.25, 0.3) is 0 Å². The fraction of sp³-hybridized carbons (Fsp3) is 0.462. The molecule has 1 aliphatic rings. The van der Waals surface area contributed by atoms with E-state index in [0.29, 0.717) is 11.6 Å². The van der Waals surface area contributed by atoms with E-state index in [1.54, 1.807) is 16.8 Å². The first-order valence-electron chi connectivity index (χ1n) is 6.53. The van der Waals surface area contributed by atoms with Gasteiger partial charge in [-0.2, -0.15) is 11.3 Å². The minimum atomic E-state index is 0.146. The van der Waals surface area contributed by atoms with Crippen molar-refractivity contribution >= 4 is 28.6 Å². The van der Waals surface area contributed by atoms with Crippen LogP contribution in [0.15, 0.2) is 22.3 Å². The van der Waals surface area contributed by atoms with Gasteiger partial charge in [-0.05, 0) is 22.4 Å². The van der Waals surface area contributed by atoms with Crippen LogP contribution in [0.5, 0.6) is 5.19 Å². The number of nitrogens with zero attached hydrogens (tertiary/aromatic N) is 3. The van der Waals surface area contributed by atoms with Crippen molar-refractivity contribution < 1.29 is 9.53 Å². The lowest BCUT2D eigenvalue weighted by molar-refractivity contribution is -0.132. The quantitative estimate of drug-likeness (QED) is 0.869. The van der Waals surface area contributed by atoms with Gasteiger partial charge in [-0.15, -0.1) is 10.2 Å². The predicted molar refractivity (Wildman–Crippen MR) is 78.2 cm³/mol. The van der Waals surface area contributed by atoms with Crippen LogP contribution >= 0.6 is 22.7 Å². The van der Waals surface area contributed by atoms with E-state index < -0.39 is 0 Å². The highest BCUT2D eigenvalue weighted by Gasteiger charge is 2.24. The number of piperidine rings is 1. The summed E-state index contributed by atoms with van der Waals surface area (Å²) in [5.74, 6) is 0.206. The van der Waals surface area contributed by atoms with Gasteiger partial charge in [0.2, 0.25) is 5.91 Å². The summed E-state index contributed by atoms with van der Waals surface area (Å²) in [6.07, 6.45) is 2.36. The minimum Gasteiger partial charge on any atom is -0.465 e. The van der Waals surface area contributed by atoms with Crippen LogP contribution in [0.2, 0.25) is 0 Å². The second kappa shape index (κ2) is 6.32. The predicted octanol–water partition coefficient (Wildman–Crippen LogP) is 2.21. The van der Waals surface area contributed by atoms with Gasteiger partial charge in [-0.25, -0.2) is 0 Å². The molecule has 1 aliphatic heterocycles. The molecule has 0 bridgehead atoms. The number of hydrogen-bond acceptors (Lipinski definition) is 6. The first kappa shape index (κ1) is 13.5. The zero-order valence-corrected chi connectivity index (χ0v) is 12.5. The first-order valence-corrected chi connectivity index (χ1v) is 8.35. The molecule has 1 amide bonds. The molecular formula is C13H15N3O2S2. The van der Waals surface area contributed by atoms with E-state index in [2.05, 4.69) is 10.2 Å². The van der Waals surface area contributed by atoms with Crippen LogP contribution in [-0.4, -0.2) is 40.2 Å². The summed E-state index contributed by atoms with van der Waals surface area (Å²) in [4.78, 5) is 14.1. The van der Waals surface area contributed by atoms with E-state index in [1.807, 2.05) is 21.7 Å². The fourth-order valence-electron chi connectivity index (χ4n) is 2.26. The van der Waals surface area contributed by atoms with Crippen molar-refractivity contribution in [1.29, 1.82) is 0 Å². The summed E-state index contributed by atoms with van der Waals surface area (Å²) in [7, 11) is 0. The van der Waals surface area contributed by atoms with Crippen LogP contribution in [0.3, 0.4) is 0 Å². The van der Waals surface area contributed by atoms with Crippen molar-refractivity contribution in [2.24, 2.45) is 0 Å². The third kappa shape index (κ3) is 3.34. The molecule has 0 saturated carbocycles. The highest BCUT2D eigenvalue weighted by molar-refractivity contribution is 7.11. The van der Waals surface area contributed by atoms with Crippen LogP contribution < -0.4 is 4.74 Å². The number of aromatic nitrogens is 2. The Balaban J connectivity index is 1.47. The highest BCUT2D eigenvalue weighted by atomic mass is 32.1. The summed E-state index contributed by atoms with van der Waals surface area (Å²) in [5, 5.41) is 12.3. The van der Waals surface area contributed by atoms with Gasteiger partial charge in [0.15, 0.2) is 0 Å². The number of rotatable bonds is 4. The molecule has 20 heavy (non-hydrogen) atoms. The van der Waals surface area contributed by atoms with Crippen LogP contribution in [0.4, 0.5) is 0 Å². The number of thiophene rings is 1. The smallest absolute Gasteiger partial charge is 0.294 e. The maximum absolute atomic E-state index is 12.2. The molecule has 0 atom stereocenters. The van der Waals surface area contributed by atoms with Gasteiger partial charge in [-0.1, -0.05) is 11.3 Å². The molecule has 3 heterocycles. The summed E-state index contributed by atoms with van der Waals surface area (Å²) in [5.41, 5.74) is 2.77. The molecule has 0 spiro atoms. The summed E-state index contributed by atoms with van der Waals surface area (Å²) >= 11 is 3.03. The van der Waals surface area contributed by atoms with E-state index >= 15 is 0 Å². The number of ether oxygens (including phenoxy) is 1. The van der Waals surface area contributed by atoms with Crippen molar-refractivity contribution in [3.05, 3.63) is 27.9 Å². The van der Waals surface area contributed by atoms with Gasteiger partial charge < -0.3 is 9.64 Å². The van der Waals surface area contributed by atoms with Gasteiger partial charge in [-0.3, -0.25) is 4.79 Å². The second-order valence-electron chi connectivity index (χ2n) is 4.71. The van der Waals surface area contributed by atoms with E-state index in [1.165, 1.54) is 11.3 Å². The van der Waals surface area contributed by atoms with E-state index in [0.717, 1.165) is 31.5 Å². The molecule has 106 valence electrons. The maximum Gasteiger partial charge on any atom is 0.294 e. The van der Waals surface area contributed by atoms with Crippen molar-refractivity contribution in [2.45, 2.75) is 25.4 Å². The third-order valence-electron chi connectivity index (χ3n) is 3.34. The number of amides is 1. The molecule has 3 rings (SSSR count). The number of carbonyl (C=O) groups excluding carboxylic acids is 1. The topological polar surface area (TPSA) is 55.3 Å². The first-order chi connectivity index (χ1) is 9.81. The molecule has 1 saturated heterocycles. The highest BCUT2D eigenvalue weighted by Crippen LogP contribution is 2.20. The summed E-state index contributed by atoms with van der Waals surface area (Å²) in [6.45, 7) is 1.51. The maximum atomic E-state index is 12.2. The molecule has 0 N–H and O–H groups in total. The monoisotopic (exact) mass is 309 g/mol.